The highest BCUT2D eigenvalue weighted by molar-refractivity contribution is 7.96. The molecule has 0 atom stereocenters. The maximum atomic E-state index is 13.1. The Morgan fingerprint density at radius 2 is 1.79 bits per heavy atom. The Balaban J connectivity index is 0.000000226. The van der Waals surface area contributed by atoms with Gasteiger partial charge in [-0.05, 0) is 68.2 Å². The van der Waals surface area contributed by atoms with Crippen LogP contribution in [-0.4, -0.2) is 54.0 Å². The van der Waals surface area contributed by atoms with Crippen molar-refractivity contribution in [3.8, 4) is 0 Å². The van der Waals surface area contributed by atoms with Gasteiger partial charge in [0.15, 0.2) is 0 Å². The van der Waals surface area contributed by atoms with Crippen LogP contribution in [0.4, 0.5) is 10.1 Å². The van der Waals surface area contributed by atoms with E-state index in [-0.39, 0.29) is 11.7 Å². The third-order valence-electron chi connectivity index (χ3n) is 6.44. The smallest absolute Gasteiger partial charge is 0.243 e. The van der Waals surface area contributed by atoms with E-state index in [1.54, 1.807) is 11.0 Å². The minimum absolute atomic E-state index is 0.200. The minimum atomic E-state index is -0.499. The first-order valence-corrected chi connectivity index (χ1v) is 12.8. The first kappa shape index (κ1) is 26.0. The number of rotatable bonds is 6. The van der Waals surface area contributed by atoms with Gasteiger partial charge in [0.25, 0.3) is 0 Å². The summed E-state index contributed by atoms with van der Waals surface area (Å²) in [5, 5.41) is 3.15. The number of likely N-dealkylation sites (tertiary alicyclic amines) is 1. The fourth-order valence-electron chi connectivity index (χ4n) is 4.51. The van der Waals surface area contributed by atoms with Crippen molar-refractivity contribution in [3.63, 3.8) is 0 Å². The largest absolute Gasteiger partial charge is 0.388 e. The number of hydrogen-bond donors (Lipinski definition) is 2. The molecule has 2 aliphatic rings. The van der Waals surface area contributed by atoms with Crippen LogP contribution in [0.25, 0.3) is 0 Å². The molecule has 1 saturated heterocycles. The van der Waals surface area contributed by atoms with E-state index in [0.29, 0.717) is 24.6 Å². The molecule has 2 heterocycles. The van der Waals surface area contributed by atoms with Crippen molar-refractivity contribution in [1.82, 2.24) is 14.5 Å². The zero-order chi connectivity index (χ0) is 24.7. The number of fused-ring (bicyclic) bond motifs is 1. The second-order valence-corrected chi connectivity index (χ2v) is 9.87. The van der Waals surface area contributed by atoms with Crippen LogP contribution in [0.5, 0.6) is 0 Å². The van der Waals surface area contributed by atoms with Crippen LogP contribution in [0.3, 0.4) is 0 Å². The summed E-state index contributed by atoms with van der Waals surface area (Å²) in [4.78, 5) is 26.5. The third kappa shape index (κ3) is 6.30. The lowest BCUT2D eigenvalue weighted by molar-refractivity contribution is -0.137. The monoisotopic (exact) mass is 486 g/mol. The highest BCUT2D eigenvalue weighted by atomic mass is 32.2. The van der Waals surface area contributed by atoms with Crippen molar-refractivity contribution in [3.05, 3.63) is 65.0 Å². The summed E-state index contributed by atoms with van der Waals surface area (Å²) in [6.45, 7) is 6.54. The number of nitrogens with zero attached hydrogens (tertiary/aromatic N) is 2. The summed E-state index contributed by atoms with van der Waals surface area (Å²) in [7, 11) is 1.93. The molecule has 0 saturated carbocycles. The Bertz CT molecular complexity index is 975. The average molecular weight is 487 g/mol. The normalized spacial score (nSPS) is 15.9. The molecule has 0 aromatic heterocycles. The molecule has 2 aliphatic heterocycles. The predicted molar refractivity (Wildman–Crippen MR) is 137 cm³/mol. The Morgan fingerprint density at radius 1 is 1.12 bits per heavy atom. The van der Waals surface area contributed by atoms with E-state index < -0.39 is 5.54 Å². The summed E-state index contributed by atoms with van der Waals surface area (Å²) < 4.78 is 16.3. The lowest BCUT2D eigenvalue weighted by atomic mass is 9.88. The number of hydrogen-bond acceptors (Lipinski definition) is 5. The van der Waals surface area contributed by atoms with Crippen molar-refractivity contribution in [2.24, 2.45) is 0 Å². The van der Waals surface area contributed by atoms with Gasteiger partial charge < -0.3 is 15.1 Å². The van der Waals surface area contributed by atoms with Crippen LogP contribution in [0.15, 0.2) is 42.5 Å². The maximum absolute atomic E-state index is 13.1. The van der Waals surface area contributed by atoms with Gasteiger partial charge >= 0.3 is 0 Å². The molecular formula is C26H35FN4O2S. The lowest BCUT2D eigenvalue weighted by Gasteiger charge is -2.37. The van der Waals surface area contributed by atoms with E-state index in [1.165, 1.54) is 23.6 Å². The topological polar surface area (TPSA) is 64.7 Å². The number of benzene rings is 2. The molecule has 4 rings (SSSR count). The molecular weight excluding hydrogens is 451 g/mol. The first-order chi connectivity index (χ1) is 16.3. The van der Waals surface area contributed by atoms with Crippen molar-refractivity contribution in [2.75, 3.05) is 31.7 Å². The molecule has 0 aliphatic carbocycles. The Morgan fingerprint density at radius 3 is 2.35 bits per heavy atom. The molecule has 34 heavy (non-hydrogen) atoms. The fraction of sp³-hybridized carbons (Fsp3) is 0.462. The van der Waals surface area contributed by atoms with Gasteiger partial charge in [-0.2, -0.15) is 0 Å². The Labute approximate surface area is 206 Å². The second-order valence-electron chi connectivity index (χ2n) is 9.26. The molecule has 0 unspecified atom stereocenters. The standard InChI is InChI=1S/C17H27N3OS.C9H8FNO/c1-17(2,19-22-4)16(21)20-11-9-14(10-12-20)13-5-7-15(18-3)8-6-13;10-9-3-1-2-7-4-11(6-12)5-8(7)9/h5-8,14,18-19H,9-12H2,1-4H3;1-3,6H,4-5H2. The number of anilines is 1. The summed E-state index contributed by atoms with van der Waals surface area (Å²) in [6.07, 6.45) is 4.79. The minimum Gasteiger partial charge on any atom is -0.388 e. The summed E-state index contributed by atoms with van der Waals surface area (Å²) in [6, 6.07) is 13.6. The van der Waals surface area contributed by atoms with Gasteiger partial charge in [-0.15, -0.1) is 0 Å². The third-order valence-corrected chi connectivity index (χ3v) is 7.16. The molecule has 2 aromatic carbocycles. The molecule has 0 spiro atoms. The summed E-state index contributed by atoms with van der Waals surface area (Å²) in [5.41, 5.74) is 3.60. The van der Waals surface area contributed by atoms with Gasteiger partial charge in [0.2, 0.25) is 12.3 Å². The number of carbonyl (C=O) groups is 2. The average Bonchev–Trinajstić information content (AvgIpc) is 3.29. The highest BCUT2D eigenvalue weighted by Gasteiger charge is 2.33. The Hall–Kier alpha value is -2.58. The van der Waals surface area contributed by atoms with Gasteiger partial charge in [-0.3, -0.25) is 9.59 Å². The summed E-state index contributed by atoms with van der Waals surface area (Å²) in [5.74, 6) is 0.550. The van der Waals surface area contributed by atoms with Gasteiger partial charge in [-0.1, -0.05) is 36.2 Å². The molecule has 2 N–H and O–H groups in total. The van der Waals surface area contributed by atoms with Crippen LogP contribution < -0.4 is 10.0 Å². The number of piperidine rings is 1. The molecule has 1 fully saturated rings. The van der Waals surface area contributed by atoms with E-state index in [4.69, 9.17) is 0 Å². The van der Waals surface area contributed by atoms with E-state index in [9.17, 15) is 14.0 Å². The zero-order valence-electron chi connectivity index (χ0n) is 20.4. The van der Waals surface area contributed by atoms with Gasteiger partial charge in [0, 0.05) is 44.5 Å². The number of amides is 2. The van der Waals surface area contributed by atoms with Crippen molar-refractivity contribution in [2.45, 2.75) is 51.2 Å². The van der Waals surface area contributed by atoms with E-state index in [2.05, 4.69) is 34.3 Å². The van der Waals surface area contributed by atoms with E-state index in [1.807, 2.05) is 38.1 Å². The quantitative estimate of drug-likeness (QED) is 0.469. The second kappa shape index (κ2) is 11.7. The number of halogens is 1. The van der Waals surface area contributed by atoms with E-state index >= 15 is 0 Å². The van der Waals surface area contributed by atoms with Crippen LogP contribution in [0.2, 0.25) is 0 Å². The number of carbonyl (C=O) groups excluding carboxylic acids is 2. The van der Waals surface area contributed by atoms with Gasteiger partial charge in [0.1, 0.15) is 11.4 Å². The van der Waals surface area contributed by atoms with Crippen LogP contribution >= 0.6 is 11.9 Å². The maximum Gasteiger partial charge on any atom is 0.243 e. The Kier molecular flexibility index (Phi) is 8.97. The van der Waals surface area contributed by atoms with Crippen LogP contribution in [0, 0.1) is 5.82 Å². The molecule has 2 amide bonds. The van der Waals surface area contributed by atoms with Crippen LogP contribution in [-0.2, 0) is 22.7 Å². The van der Waals surface area contributed by atoms with Crippen molar-refractivity contribution in [1.29, 1.82) is 0 Å². The van der Waals surface area contributed by atoms with Gasteiger partial charge in [-0.25, -0.2) is 9.11 Å². The molecule has 0 radical (unpaired) electrons. The summed E-state index contributed by atoms with van der Waals surface area (Å²) >= 11 is 1.50. The van der Waals surface area contributed by atoms with Crippen molar-refractivity contribution >= 4 is 30.0 Å². The highest BCUT2D eigenvalue weighted by Crippen LogP contribution is 2.30. The SMILES string of the molecule is CNc1ccc(C2CCN(C(=O)C(C)(C)NSC)CC2)cc1.O=CN1Cc2cccc(F)c2C1. The molecule has 8 heteroatoms. The fourth-order valence-corrected chi connectivity index (χ4v) is 5.11. The first-order valence-electron chi connectivity index (χ1n) is 11.6. The molecule has 2 aromatic rings. The molecule has 0 bridgehead atoms. The van der Waals surface area contributed by atoms with E-state index in [0.717, 1.165) is 43.6 Å². The lowest BCUT2D eigenvalue weighted by Crippen LogP contribution is -2.53. The van der Waals surface area contributed by atoms with Crippen molar-refractivity contribution < 1.29 is 14.0 Å². The predicted octanol–water partition coefficient (Wildman–Crippen LogP) is 4.38. The molecule has 184 valence electrons. The van der Waals surface area contributed by atoms with Crippen LogP contribution in [0.1, 0.15) is 49.3 Å². The molecule has 6 nitrogen and oxygen atoms in total. The zero-order valence-corrected chi connectivity index (χ0v) is 21.3. The number of nitrogens with one attached hydrogen (secondary N) is 2. The van der Waals surface area contributed by atoms with Gasteiger partial charge in [0.05, 0.1) is 0 Å².